The molecule has 0 unspecified atom stereocenters. The largest absolute Gasteiger partial charge is 0.383 e. The fourth-order valence-corrected chi connectivity index (χ4v) is 1.53. The summed E-state index contributed by atoms with van der Waals surface area (Å²) in [5.74, 6) is -1.74. The van der Waals surface area contributed by atoms with Crippen molar-refractivity contribution in [1.29, 1.82) is 0 Å². The van der Waals surface area contributed by atoms with Crippen LogP contribution in [0.15, 0.2) is 16.6 Å². The summed E-state index contributed by atoms with van der Waals surface area (Å²) < 4.78 is 31.2. The normalized spacial score (nSPS) is 10.2. The molecule has 1 aromatic rings. The number of amides is 1. The van der Waals surface area contributed by atoms with Gasteiger partial charge in [0.2, 0.25) is 5.91 Å². The molecule has 18 heavy (non-hydrogen) atoms. The molecule has 1 aromatic carbocycles. The molecule has 0 aromatic heterocycles. The summed E-state index contributed by atoms with van der Waals surface area (Å²) in [5.41, 5.74) is 0.0603. The maximum Gasteiger partial charge on any atom is 0.239 e. The van der Waals surface area contributed by atoms with Gasteiger partial charge in [-0.05, 0) is 22.0 Å². The molecule has 0 aliphatic carbocycles. The van der Waals surface area contributed by atoms with Crippen molar-refractivity contribution in [3.05, 3.63) is 28.2 Å². The topological polar surface area (TPSA) is 50.4 Å². The van der Waals surface area contributed by atoms with Crippen LogP contribution in [0.4, 0.5) is 14.5 Å². The van der Waals surface area contributed by atoms with Gasteiger partial charge in [0.05, 0.1) is 23.3 Å². The Kier molecular flexibility index (Phi) is 6.00. The van der Waals surface area contributed by atoms with Gasteiger partial charge >= 0.3 is 0 Å². The Bertz CT molecular complexity index is 430. The highest BCUT2D eigenvalue weighted by atomic mass is 79.9. The number of ether oxygens (including phenoxy) is 1. The van der Waals surface area contributed by atoms with Crippen LogP contribution in [0.3, 0.4) is 0 Å². The SMILES string of the molecule is COCCNC(=O)CNc1cc(Br)c(F)cc1F. The van der Waals surface area contributed by atoms with Gasteiger partial charge in [-0.2, -0.15) is 0 Å². The van der Waals surface area contributed by atoms with Crippen molar-refractivity contribution in [3.8, 4) is 0 Å². The van der Waals surface area contributed by atoms with E-state index in [9.17, 15) is 13.6 Å². The van der Waals surface area contributed by atoms with Gasteiger partial charge in [-0.15, -0.1) is 0 Å². The van der Waals surface area contributed by atoms with Crippen LogP contribution in [0.25, 0.3) is 0 Å². The molecular formula is C11H13BrF2N2O2. The molecule has 0 atom stereocenters. The number of halogens is 3. The number of hydrogen-bond acceptors (Lipinski definition) is 3. The molecule has 100 valence electrons. The Balaban J connectivity index is 2.48. The standard InChI is InChI=1S/C11H13BrF2N2O2/c1-18-3-2-15-11(17)6-16-10-4-7(12)8(13)5-9(10)14/h4-5,16H,2-3,6H2,1H3,(H,15,17). The first kappa shape index (κ1) is 14.8. The van der Waals surface area contributed by atoms with Crippen molar-refractivity contribution < 1.29 is 18.3 Å². The van der Waals surface area contributed by atoms with E-state index in [0.29, 0.717) is 13.2 Å². The number of benzene rings is 1. The van der Waals surface area contributed by atoms with Crippen LogP contribution in [0.5, 0.6) is 0 Å². The first-order valence-corrected chi connectivity index (χ1v) is 5.98. The molecule has 4 nitrogen and oxygen atoms in total. The van der Waals surface area contributed by atoms with Crippen molar-refractivity contribution in [2.45, 2.75) is 0 Å². The Hall–Kier alpha value is -1.21. The lowest BCUT2D eigenvalue weighted by Gasteiger charge is -2.09. The van der Waals surface area contributed by atoms with E-state index in [1.807, 2.05) is 0 Å². The summed E-state index contributed by atoms with van der Waals surface area (Å²) in [7, 11) is 1.52. The van der Waals surface area contributed by atoms with Gasteiger partial charge in [-0.3, -0.25) is 4.79 Å². The highest BCUT2D eigenvalue weighted by molar-refractivity contribution is 9.10. The van der Waals surface area contributed by atoms with Crippen LogP contribution in [0.2, 0.25) is 0 Å². The van der Waals surface area contributed by atoms with E-state index in [4.69, 9.17) is 4.74 Å². The Morgan fingerprint density at radius 1 is 1.39 bits per heavy atom. The second-order valence-corrected chi connectivity index (χ2v) is 4.30. The van der Waals surface area contributed by atoms with Crippen molar-refractivity contribution in [2.24, 2.45) is 0 Å². The summed E-state index contributed by atoms with van der Waals surface area (Å²) in [6.07, 6.45) is 0. The lowest BCUT2D eigenvalue weighted by molar-refractivity contribution is -0.119. The molecular weight excluding hydrogens is 310 g/mol. The first-order chi connectivity index (χ1) is 8.54. The van der Waals surface area contributed by atoms with Crippen LogP contribution in [-0.4, -0.2) is 32.7 Å². The average molecular weight is 323 g/mol. The molecule has 0 heterocycles. The highest BCUT2D eigenvalue weighted by Gasteiger charge is 2.09. The minimum atomic E-state index is -0.750. The maximum absolute atomic E-state index is 13.3. The second-order valence-electron chi connectivity index (χ2n) is 3.44. The summed E-state index contributed by atoms with van der Waals surface area (Å²) in [4.78, 5) is 11.3. The number of nitrogens with one attached hydrogen (secondary N) is 2. The third-order valence-electron chi connectivity index (χ3n) is 2.08. The van der Waals surface area contributed by atoms with Crippen molar-refractivity contribution >= 4 is 27.5 Å². The molecule has 1 rings (SSSR count). The summed E-state index contributed by atoms with van der Waals surface area (Å²) in [6, 6.07) is 1.99. The fraction of sp³-hybridized carbons (Fsp3) is 0.364. The zero-order valence-electron chi connectivity index (χ0n) is 9.73. The van der Waals surface area contributed by atoms with Crippen LogP contribution in [0.1, 0.15) is 0 Å². The molecule has 2 N–H and O–H groups in total. The number of carbonyl (C=O) groups excluding carboxylic acids is 1. The zero-order valence-corrected chi connectivity index (χ0v) is 11.3. The van der Waals surface area contributed by atoms with Gasteiger partial charge in [0, 0.05) is 19.7 Å². The average Bonchev–Trinajstić information content (AvgIpc) is 2.32. The van der Waals surface area contributed by atoms with E-state index < -0.39 is 11.6 Å². The van der Waals surface area contributed by atoms with E-state index in [1.54, 1.807) is 0 Å². The van der Waals surface area contributed by atoms with Crippen molar-refractivity contribution in [3.63, 3.8) is 0 Å². The summed E-state index contributed by atoms with van der Waals surface area (Å²) >= 11 is 2.94. The van der Waals surface area contributed by atoms with Crippen molar-refractivity contribution in [2.75, 3.05) is 32.1 Å². The lowest BCUT2D eigenvalue weighted by Crippen LogP contribution is -2.32. The number of methoxy groups -OCH3 is 1. The number of carbonyl (C=O) groups is 1. The molecule has 0 radical (unpaired) electrons. The molecule has 1 amide bonds. The van der Waals surface area contributed by atoms with E-state index in [0.717, 1.165) is 6.07 Å². The summed E-state index contributed by atoms with van der Waals surface area (Å²) in [5, 5.41) is 5.15. The predicted molar refractivity (Wildman–Crippen MR) is 67.4 cm³/mol. The Morgan fingerprint density at radius 2 is 2.11 bits per heavy atom. The minimum Gasteiger partial charge on any atom is -0.383 e. The summed E-state index contributed by atoms with van der Waals surface area (Å²) in [6.45, 7) is 0.688. The van der Waals surface area contributed by atoms with E-state index in [-0.39, 0.29) is 22.6 Å². The zero-order chi connectivity index (χ0) is 13.5. The fourth-order valence-electron chi connectivity index (χ4n) is 1.19. The van der Waals surface area contributed by atoms with Gasteiger partial charge in [0.25, 0.3) is 0 Å². The molecule has 0 bridgehead atoms. The Labute approximate surface area is 112 Å². The molecule has 0 saturated heterocycles. The van der Waals surface area contributed by atoms with Gasteiger partial charge in [0.15, 0.2) is 0 Å². The van der Waals surface area contributed by atoms with Gasteiger partial charge in [-0.25, -0.2) is 8.78 Å². The molecule has 7 heteroatoms. The van der Waals surface area contributed by atoms with Crippen LogP contribution < -0.4 is 10.6 Å². The third kappa shape index (κ3) is 4.58. The van der Waals surface area contributed by atoms with Gasteiger partial charge in [0.1, 0.15) is 11.6 Å². The van der Waals surface area contributed by atoms with Crippen LogP contribution >= 0.6 is 15.9 Å². The van der Waals surface area contributed by atoms with Gasteiger partial charge < -0.3 is 15.4 Å². The van der Waals surface area contributed by atoms with Gasteiger partial charge in [-0.1, -0.05) is 0 Å². The van der Waals surface area contributed by atoms with E-state index in [1.165, 1.54) is 13.2 Å². The van der Waals surface area contributed by atoms with E-state index >= 15 is 0 Å². The third-order valence-corrected chi connectivity index (χ3v) is 2.69. The monoisotopic (exact) mass is 322 g/mol. The molecule has 0 saturated carbocycles. The highest BCUT2D eigenvalue weighted by Crippen LogP contribution is 2.23. The van der Waals surface area contributed by atoms with Crippen LogP contribution in [-0.2, 0) is 9.53 Å². The number of rotatable bonds is 6. The smallest absolute Gasteiger partial charge is 0.239 e. The van der Waals surface area contributed by atoms with E-state index in [2.05, 4.69) is 26.6 Å². The molecule has 0 fully saturated rings. The maximum atomic E-state index is 13.3. The minimum absolute atomic E-state index is 0.0603. The number of anilines is 1. The number of hydrogen-bond donors (Lipinski definition) is 2. The lowest BCUT2D eigenvalue weighted by atomic mass is 10.3. The molecule has 0 aliphatic rings. The van der Waals surface area contributed by atoms with Crippen LogP contribution in [0, 0.1) is 11.6 Å². The predicted octanol–water partition coefficient (Wildman–Crippen LogP) is 1.90. The quantitative estimate of drug-likeness (QED) is 0.621. The molecule has 0 spiro atoms. The molecule has 0 aliphatic heterocycles. The van der Waals surface area contributed by atoms with Crippen molar-refractivity contribution in [1.82, 2.24) is 5.32 Å². The Morgan fingerprint density at radius 3 is 2.78 bits per heavy atom. The second kappa shape index (κ2) is 7.27. The first-order valence-electron chi connectivity index (χ1n) is 5.18.